The minimum Gasteiger partial charge on any atom is -0.355 e. The molecule has 0 saturated carbocycles. The highest BCUT2D eigenvalue weighted by Crippen LogP contribution is 2.34. The van der Waals surface area contributed by atoms with Crippen LogP contribution in [0.15, 0.2) is 60.8 Å². The zero-order chi connectivity index (χ0) is 16.6. The summed E-state index contributed by atoms with van der Waals surface area (Å²) < 4.78 is 0. The molecule has 0 N–H and O–H groups in total. The first-order chi connectivity index (χ1) is 12.3. The van der Waals surface area contributed by atoms with Crippen molar-refractivity contribution in [1.82, 2.24) is 14.9 Å². The lowest BCUT2D eigenvalue weighted by Crippen LogP contribution is -2.29. The van der Waals surface area contributed by atoms with Crippen molar-refractivity contribution in [2.24, 2.45) is 11.8 Å². The second-order valence-corrected chi connectivity index (χ2v) is 7.32. The summed E-state index contributed by atoms with van der Waals surface area (Å²) in [5.74, 6) is 2.52. The summed E-state index contributed by atoms with van der Waals surface area (Å²) in [6.45, 7) is 5.66. The van der Waals surface area contributed by atoms with Gasteiger partial charge in [0.05, 0.1) is 17.2 Å². The van der Waals surface area contributed by atoms with Gasteiger partial charge in [-0.15, -0.1) is 0 Å². The van der Waals surface area contributed by atoms with Gasteiger partial charge in [-0.2, -0.15) is 0 Å². The smallest absolute Gasteiger partial charge is 0.147 e. The van der Waals surface area contributed by atoms with Crippen molar-refractivity contribution in [1.29, 1.82) is 0 Å². The molecule has 2 atom stereocenters. The Morgan fingerprint density at radius 3 is 2.24 bits per heavy atom. The van der Waals surface area contributed by atoms with Crippen LogP contribution >= 0.6 is 0 Å². The fourth-order valence-corrected chi connectivity index (χ4v) is 4.35. The summed E-state index contributed by atoms with van der Waals surface area (Å²) in [7, 11) is 0. The Bertz CT molecular complexity index is 865. The van der Waals surface area contributed by atoms with E-state index >= 15 is 0 Å². The van der Waals surface area contributed by atoms with Crippen molar-refractivity contribution in [2.45, 2.75) is 6.54 Å². The number of rotatable bonds is 3. The third kappa shape index (κ3) is 2.87. The van der Waals surface area contributed by atoms with Crippen molar-refractivity contribution < 1.29 is 0 Å². The lowest BCUT2D eigenvalue weighted by atomic mass is 10.0. The maximum Gasteiger partial charge on any atom is 0.147 e. The van der Waals surface area contributed by atoms with Crippen LogP contribution in [0.1, 0.15) is 5.56 Å². The van der Waals surface area contributed by atoms with Crippen LogP contribution in [0.2, 0.25) is 0 Å². The quantitative estimate of drug-likeness (QED) is 0.738. The van der Waals surface area contributed by atoms with Crippen LogP contribution in [-0.2, 0) is 6.54 Å². The maximum atomic E-state index is 4.82. The van der Waals surface area contributed by atoms with Crippen LogP contribution in [0.25, 0.3) is 11.0 Å². The molecular weight excluding hydrogens is 308 g/mol. The number of nitrogens with zero attached hydrogens (tertiary/aromatic N) is 4. The molecule has 5 rings (SSSR count). The van der Waals surface area contributed by atoms with E-state index < -0.39 is 0 Å². The van der Waals surface area contributed by atoms with Crippen LogP contribution in [0.4, 0.5) is 5.82 Å². The summed E-state index contributed by atoms with van der Waals surface area (Å²) >= 11 is 0. The van der Waals surface area contributed by atoms with Gasteiger partial charge >= 0.3 is 0 Å². The average molecular weight is 330 g/mol. The maximum absolute atomic E-state index is 4.82. The van der Waals surface area contributed by atoms with Crippen molar-refractivity contribution in [3.8, 4) is 0 Å². The van der Waals surface area contributed by atoms with Crippen LogP contribution < -0.4 is 4.90 Å². The predicted octanol–water partition coefficient (Wildman–Crippen LogP) is 3.20. The first-order valence-electron chi connectivity index (χ1n) is 9.08. The zero-order valence-corrected chi connectivity index (χ0v) is 14.3. The van der Waals surface area contributed by atoms with Crippen LogP contribution in [0, 0.1) is 11.8 Å². The molecule has 2 fully saturated rings. The molecule has 4 heteroatoms. The Labute approximate surface area is 148 Å². The molecule has 0 aliphatic carbocycles. The van der Waals surface area contributed by atoms with Crippen LogP contribution in [0.3, 0.4) is 0 Å². The third-order valence-electron chi connectivity index (χ3n) is 5.57. The van der Waals surface area contributed by atoms with Gasteiger partial charge in [-0.3, -0.25) is 9.88 Å². The topological polar surface area (TPSA) is 32.3 Å². The SMILES string of the molecule is c1ccc(CN2CC3CN(c4cnc5ccccc5n4)CC3C2)cc1. The van der Waals surface area contributed by atoms with Gasteiger partial charge in [0, 0.05) is 32.7 Å². The summed E-state index contributed by atoms with van der Waals surface area (Å²) in [6, 6.07) is 18.9. The van der Waals surface area contributed by atoms with E-state index in [0.717, 1.165) is 48.3 Å². The number of fused-ring (bicyclic) bond motifs is 2. The first kappa shape index (κ1) is 14.8. The van der Waals surface area contributed by atoms with Gasteiger partial charge in [0.15, 0.2) is 0 Å². The summed E-state index contributed by atoms with van der Waals surface area (Å²) in [5, 5.41) is 0. The molecule has 3 heterocycles. The number of likely N-dealkylation sites (tertiary alicyclic amines) is 1. The van der Waals surface area contributed by atoms with E-state index in [2.05, 4.69) is 45.1 Å². The Morgan fingerprint density at radius 2 is 1.48 bits per heavy atom. The molecule has 0 amide bonds. The van der Waals surface area contributed by atoms with E-state index in [-0.39, 0.29) is 0 Å². The lowest BCUT2D eigenvalue weighted by Gasteiger charge is -2.22. The highest BCUT2D eigenvalue weighted by molar-refractivity contribution is 5.75. The molecule has 2 saturated heterocycles. The second-order valence-electron chi connectivity index (χ2n) is 7.32. The first-order valence-corrected chi connectivity index (χ1v) is 9.08. The van der Waals surface area contributed by atoms with Gasteiger partial charge in [-0.05, 0) is 29.5 Å². The van der Waals surface area contributed by atoms with Gasteiger partial charge < -0.3 is 4.90 Å². The third-order valence-corrected chi connectivity index (χ3v) is 5.57. The highest BCUT2D eigenvalue weighted by Gasteiger charge is 2.40. The van der Waals surface area contributed by atoms with Gasteiger partial charge in [0.25, 0.3) is 0 Å². The standard InChI is InChI=1S/C21H22N4/c1-2-6-16(7-3-1)11-24-12-17-14-25(15-18(17)13-24)21-10-22-19-8-4-5-9-20(19)23-21/h1-10,17-18H,11-15H2. The van der Waals surface area contributed by atoms with E-state index in [0.29, 0.717) is 0 Å². The minimum atomic E-state index is 0.747. The number of hydrogen-bond donors (Lipinski definition) is 0. The highest BCUT2D eigenvalue weighted by atomic mass is 15.3. The van der Waals surface area contributed by atoms with E-state index in [1.807, 2.05) is 30.5 Å². The van der Waals surface area contributed by atoms with Gasteiger partial charge in [-0.1, -0.05) is 42.5 Å². The van der Waals surface area contributed by atoms with E-state index in [4.69, 9.17) is 4.98 Å². The Morgan fingerprint density at radius 1 is 0.800 bits per heavy atom. The summed E-state index contributed by atoms with van der Waals surface area (Å²) in [6.07, 6.45) is 1.94. The summed E-state index contributed by atoms with van der Waals surface area (Å²) in [4.78, 5) is 14.4. The number of para-hydroxylation sites is 2. The Kier molecular flexibility index (Phi) is 3.63. The molecule has 2 aliphatic rings. The van der Waals surface area contributed by atoms with E-state index in [1.165, 1.54) is 18.7 Å². The number of benzene rings is 2. The van der Waals surface area contributed by atoms with Crippen LogP contribution in [0.5, 0.6) is 0 Å². The molecule has 2 aliphatic heterocycles. The second kappa shape index (κ2) is 6.12. The van der Waals surface area contributed by atoms with Gasteiger partial charge in [0.1, 0.15) is 5.82 Å². The predicted molar refractivity (Wildman–Crippen MR) is 100 cm³/mol. The fraction of sp³-hybridized carbons (Fsp3) is 0.333. The molecule has 0 spiro atoms. The van der Waals surface area contributed by atoms with Crippen molar-refractivity contribution >= 4 is 16.9 Å². The normalized spacial score (nSPS) is 23.3. The van der Waals surface area contributed by atoms with Gasteiger partial charge in [-0.25, -0.2) is 4.98 Å². The minimum absolute atomic E-state index is 0.747. The zero-order valence-electron chi connectivity index (χ0n) is 14.3. The molecule has 1 aromatic heterocycles. The molecule has 126 valence electrons. The Hall–Kier alpha value is -2.46. The molecule has 3 aromatic rings. The van der Waals surface area contributed by atoms with Crippen molar-refractivity contribution in [3.05, 3.63) is 66.4 Å². The van der Waals surface area contributed by atoms with Gasteiger partial charge in [0.2, 0.25) is 0 Å². The largest absolute Gasteiger partial charge is 0.355 e. The van der Waals surface area contributed by atoms with Crippen LogP contribution in [-0.4, -0.2) is 41.0 Å². The summed E-state index contributed by atoms with van der Waals surface area (Å²) in [5.41, 5.74) is 3.38. The monoisotopic (exact) mass is 330 g/mol. The molecule has 25 heavy (non-hydrogen) atoms. The van der Waals surface area contributed by atoms with Crippen molar-refractivity contribution in [3.63, 3.8) is 0 Å². The molecule has 0 bridgehead atoms. The molecular formula is C21H22N4. The lowest BCUT2D eigenvalue weighted by molar-refractivity contribution is 0.309. The molecule has 2 aromatic carbocycles. The number of aromatic nitrogens is 2. The molecule has 2 unspecified atom stereocenters. The Balaban J connectivity index is 1.27. The fourth-order valence-electron chi connectivity index (χ4n) is 4.35. The van der Waals surface area contributed by atoms with E-state index in [9.17, 15) is 0 Å². The molecule has 0 radical (unpaired) electrons. The van der Waals surface area contributed by atoms with E-state index in [1.54, 1.807) is 0 Å². The number of hydrogen-bond acceptors (Lipinski definition) is 4. The molecule has 4 nitrogen and oxygen atoms in total. The van der Waals surface area contributed by atoms with Crippen molar-refractivity contribution in [2.75, 3.05) is 31.1 Å². The average Bonchev–Trinajstić information content (AvgIpc) is 3.21. The number of anilines is 1.